The van der Waals surface area contributed by atoms with E-state index in [0.29, 0.717) is 24.0 Å². The van der Waals surface area contributed by atoms with Crippen molar-refractivity contribution in [3.63, 3.8) is 0 Å². The number of aromatic nitrogens is 1. The van der Waals surface area contributed by atoms with Crippen LogP contribution in [0.25, 0.3) is 0 Å². The molecule has 7 heteroatoms. The molecule has 0 bridgehead atoms. The number of nitrogen functional groups attached to an aromatic ring is 1. The maximum atomic E-state index is 12.7. The molecule has 0 unspecified atom stereocenters. The number of thiophene rings is 1. The number of nitrogens with one attached hydrogen (secondary N) is 1. The quantitative estimate of drug-likeness (QED) is 0.504. The molecule has 1 amide bonds. The Morgan fingerprint density at radius 2 is 2.33 bits per heavy atom. The predicted molar refractivity (Wildman–Crippen MR) is 84.3 cm³/mol. The van der Waals surface area contributed by atoms with Gasteiger partial charge in [-0.25, -0.2) is 10.8 Å². The summed E-state index contributed by atoms with van der Waals surface area (Å²) in [6.45, 7) is 0.623. The number of nitrogens with two attached hydrogens (primary N) is 1. The molecule has 2 heterocycles. The second-order valence-corrected chi connectivity index (χ2v) is 6.17. The van der Waals surface area contributed by atoms with Gasteiger partial charge in [-0.3, -0.25) is 4.79 Å². The molecular weight excluding hydrogens is 308 g/mol. The zero-order valence-electron chi connectivity index (χ0n) is 11.3. The lowest BCUT2D eigenvalue weighted by Gasteiger charge is -2.22. The van der Waals surface area contributed by atoms with Crippen LogP contribution in [-0.2, 0) is 6.54 Å². The summed E-state index contributed by atoms with van der Waals surface area (Å²) < 4.78 is 0. The first-order valence-corrected chi connectivity index (χ1v) is 7.95. The second kappa shape index (κ2) is 6.01. The number of hydrogen-bond donors (Lipinski definition) is 2. The molecule has 1 saturated carbocycles. The van der Waals surface area contributed by atoms with Gasteiger partial charge in [-0.1, -0.05) is 11.6 Å². The standard InChI is InChI=1S/C14H15ClN4OS/c15-12-5-10(6-13(17-12)18-16)14(20)19(11-1-2-11)7-9-3-4-21-8-9/h3-6,8,11H,1-2,7,16H2,(H,17,18). The van der Waals surface area contributed by atoms with Crippen molar-refractivity contribution in [2.45, 2.75) is 25.4 Å². The van der Waals surface area contributed by atoms with Gasteiger partial charge in [0.2, 0.25) is 0 Å². The molecule has 0 radical (unpaired) electrons. The first-order valence-electron chi connectivity index (χ1n) is 6.63. The summed E-state index contributed by atoms with van der Waals surface area (Å²) in [5.41, 5.74) is 4.08. The third-order valence-electron chi connectivity index (χ3n) is 3.37. The average Bonchev–Trinajstić information content (AvgIpc) is 3.20. The van der Waals surface area contributed by atoms with Crippen LogP contribution in [-0.4, -0.2) is 21.8 Å². The average molecular weight is 323 g/mol. The van der Waals surface area contributed by atoms with E-state index in [2.05, 4.69) is 15.8 Å². The van der Waals surface area contributed by atoms with E-state index in [9.17, 15) is 4.79 Å². The van der Waals surface area contributed by atoms with E-state index in [-0.39, 0.29) is 11.1 Å². The summed E-state index contributed by atoms with van der Waals surface area (Å²) in [7, 11) is 0. The number of carbonyl (C=O) groups excluding carboxylic acids is 1. The summed E-state index contributed by atoms with van der Waals surface area (Å²) in [4.78, 5) is 18.6. The van der Waals surface area contributed by atoms with Gasteiger partial charge < -0.3 is 10.3 Å². The molecule has 0 saturated heterocycles. The lowest BCUT2D eigenvalue weighted by molar-refractivity contribution is 0.0730. The van der Waals surface area contributed by atoms with Gasteiger partial charge in [-0.05, 0) is 47.4 Å². The smallest absolute Gasteiger partial charge is 0.254 e. The molecule has 2 aromatic rings. The number of hydrazine groups is 1. The maximum absolute atomic E-state index is 12.7. The van der Waals surface area contributed by atoms with E-state index in [4.69, 9.17) is 17.4 Å². The monoisotopic (exact) mass is 322 g/mol. The SMILES string of the molecule is NNc1cc(C(=O)N(Cc2ccsc2)C2CC2)cc(Cl)n1. The fourth-order valence-electron chi connectivity index (χ4n) is 2.19. The largest absolute Gasteiger partial charge is 0.331 e. The van der Waals surface area contributed by atoms with E-state index in [1.165, 1.54) is 0 Å². The predicted octanol–water partition coefficient (Wildman–Crippen LogP) is 2.89. The van der Waals surface area contributed by atoms with E-state index < -0.39 is 0 Å². The van der Waals surface area contributed by atoms with Gasteiger partial charge in [-0.2, -0.15) is 11.3 Å². The van der Waals surface area contributed by atoms with Crippen molar-refractivity contribution in [2.75, 3.05) is 5.43 Å². The summed E-state index contributed by atoms with van der Waals surface area (Å²) in [5, 5.41) is 4.33. The number of carbonyl (C=O) groups is 1. The van der Waals surface area contributed by atoms with Gasteiger partial charge >= 0.3 is 0 Å². The van der Waals surface area contributed by atoms with Crippen molar-refractivity contribution >= 4 is 34.7 Å². The lowest BCUT2D eigenvalue weighted by Crippen LogP contribution is -2.32. The van der Waals surface area contributed by atoms with Gasteiger partial charge in [0.05, 0.1) is 0 Å². The Morgan fingerprint density at radius 3 is 2.95 bits per heavy atom. The molecule has 5 nitrogen and oxygen atoms in total. The van der Waals surface area contributed by atoms with Crippen molar-refractivity contribution < 1.29 is 4.79 Å². The minimum atomic E-state index is -0.0375. The molecule has 110 valence electrons. The number of halogens is 1. The first-order chi connectivity index (χ1) is 10.2. The molecule has 2 aromatic heterocycles. The molecule has 1 aliphatic carbocycles. The molecule has 1 fully saturated rings. The van der Waals surface area contributed by atoms with Gasteiger partial charge in [-0.15, -0.1) is 0 Å². The Kier molecular flexibility index (Phi) is 4.10. The Bertz CT molecular complexity index is 642. The molecule has 3 rings (SSSR count). The highest BCUT2D eigenvalue weighted by Gasteiger charge is 2.33. The van der Waals surface area contributed by atoms with Gasteiger partial charge in [0.25, 0.3) is 5.91 Å². The third-order valence-corrected chi connectivity index (χ3v) is 4.30. The van der Waals surface area contributed by atoms with Gasteiger partial charge in [0, 0.05) is 18.2 Å². The minimum absolute atomic E-state index is 0.0375. The molecular formula is C14H15ClN4OS. The van der Waals surface area contributed by atoms with Crippen molar-refractivity contribution in [3.05, 3.63) is 45.2 Å². The molecule has 0 spiro atoms. The number of pyridine rings is 1. The van der Waals surface area contributed by atoms with E-state index in [1.807, 2.05) is 16.3 Å². The van der Waals surface area contributed by atoms with Crippen LogP contribution in [0.2, 0.25) is 5.15 Å². The fourth-order valence-corrected chi connectivity index (χ4v) is 3.06. The van der Waals surface area contributed by atoms with Crippen LogP contribution in [0.4, 0.5) is 5.82 Å². The van der Waals surface area contributed by atoms with Crippen LogP contribution in [0, 0.1) is 0 Å². The van der Waals surface area contributed by atoms with Crippen molar-refractivity contribution in [2.24, 2.45) is 5.84 Å². The van der Waals surface area contributed by atoms with Crippen LogP contribution >= 0.6 is 22.9 Å². The Balaban J connectivity index is 1.85. The highest BCUT2D eigenvalue weighted by atomic mass is 35.5. The summed E-state index contributed by atoms with van der Waals surface area (Å²) in [6, 6.07) is 5.56. The van der Waals surface area contributed by atoms with Crippen LogP contribution in [0.15, 0.2) is 29.0 Å². The van der Waals surface area contributed by atoms with Gasteiger partial charge in [0.15, 0.2) is 0 Å². The van der Waals surface area contributed by atoms with E-state index in [0.717, 1.165) is 18.4 Å². The fraction of sp³-hybridized carbons (Fsp3) is 0.286. The van der Waals surface area contributed by atoms with Crippen molar-refractivity contribution in [1.29, 1.82) is 0 Å². The zero-order valence-corrected chi connectivity index (χ0v) is 12.8. The first kappa shape index (κ1) is 14.3. The lowest BCUT2D eigenvalue weighted by atomic mass is 10.2. The molecule has 0 aliphatic heterocycles. The minimum Gasteiger partial charge on any atom is -0.331 e. The maximum Gasteiger partial charge on any atom is 0.254 e. The molecule has 0 atom stereocenters. The summed E-state index contributed by atoms with van der Waals surface area (Å²) in [5.74, 6) is 5.70. The highest BCUT2D eigenvalue weighted by Crippen LogP contribution is 2.30. The summed E-state index contributed by atoms with van der Waals surface area (Å²) >= 11 is 7.57. The number of hydrogen-bond acceptors (Lipinski definition) is 5. The Morgan fingerprint density at radius 1 is 1.52 bits per heavy atom. The van der Waals surface area contributed by atoms with Crippen molar-refractivity contribution in [3.8, 4) is 0 Å². The van der Waals surface area contributed by atoms with E-state index in [1.54, 1.807) is 23.5 Å². The Hall–Kier alpha value is -1.63. The number of anilines is 1. The molecule has 0 aromatic carbocycles. The Labute approximate surface area is 131 Å². The summed E-state index contributed by atoms with van der Waals surface area (Å²) in [6.07, 6.45) is 2.10. The van der Waals surface area contributed by atoms with Crippen LogP contribution in [0.5, 0.6) is 0 Å². The highest BCUT2D eigenvalue weighted by molar-refractivity contribution is 7.07. The molecule has 1 aliphatic rings. The molecule has 21 heavy (non-hydrogen) atoms. The van der Waals surface area contributed by atoms with Crippen molar-refractivity contribution in [1.82, 2.24) is 9.88 Å². The third kappa shape index (κ3) is 3.34. The number of nitrogens with zero attached hydrogens (tertiary/aromatic N) is 2. The normalized spacial score (nSPS) is 14.0. The van der Waals surface area contributed by atoms with E-state index >= 15 is 0 Å². The second-order valence-electron chi connectivity index (χ2n) is 5.00. The zero-order chi connectivity index (χ0) is 14.8. The topological polar surface area (TPSA) is 71.2 Å². The molecule has 3 N–H and O–H groups in total. The van der Waals surface area contributed by atoms with Crippen LogP contribution in [0.3, 0.4) is 0 Å². The van der Waals surface area contributed by atoms with Crippen LogP contribution in [0.1, 0.15) is 28.8 Å². The number of rotatable bonds is 5. The van der Waals surface area contributed by atoms with Gasteiger partial charge in [0.1, 0.15) is 11.0 Å². The number of amides is 1. The van der Waals surface area contributed by atoms with Crippen LogP contribution < -0.4 is 11.3 Å².